The molecular formula is C16H23N3. The molecule has 1 unspecified atom stereocenters. The highest BCUT2D eigenvalue weighted by atomic mass is 15.2. The van der Waals surface area contributed by atoms with Gasteiger partial charge in [0.15, 0.2) is 0 Å². The second kappa shape index (κ2) is 6.06. The molecule has 0 saturated heterocycles. The molecule has 1 atom stereocenters. The molecule has 2 rings (SSSR count). The highest BCUT2D eigenvalue weighted by Gasteiger charge is 2.18. The van der Waals surface area contributed by atoms with Crippen LogP contribution in [0.1, 0.15) is 49.9 Å². The van der Waals surface area contributed by atoms with Gasteiger partial charge in [-0.15, -0.1) is 0 Å². The zero-order valence-corrected chi connectivity index (χ0v) is 12.2. The van der Waals surface area contributed by atoms with Gasteiger partial charge >= 0.3 is 0 Å². The topological polar surface area (TPSA) is 39.9 Å². The van der Waals surface area contributed by atoms with Gasteiger partial charge in [-0.2, -0.15) is 5.26 Å². The molecule has 1 aromatic rings. The number of pyridine rings is 1. The standard InChI is InChI=1S/C16H23N3/c1-4-12(2)11-19(3)16-14(10-17)9-13-7-5-6-8-15(13)18-16/h9,12H,4-8,11H2,1-3H3. The van der Waals surface area contributed by atoms with Gasteiger partial charge in [-0.25, -0.2) is 4.98 Å². The number of nitriles is 1. The van der Waals surface area contributed by atoms with E-state index in [9.17, 15) is 5.26 Å². The Balaban J connectivity index is 2.31. The fourth-order valence-electron chi connectivity index (χ4n) is 2.68. The lowest BCUT2D eigenvalue weighted by Gasteiger charge is -2.25. The molecule has 1 aliphatic rings. The quantitative estimate of drug-likeness (QED) is 0.830. The van der Waals surface area contributed by atoms with E-state index in [2.05, 4.69) is 30.9 Å². The molecule has 0 bridgehead atoms. The molecule has 0 spiro atoms. The van der Waals surface area contributed by atoms with Crippen LogP contribution in [0.2, 0.25) is 0 Å². The molecule has 19 heavy (non-hydrogen) atoms. The number of anilines is 1. The lowest BCUT2D eigenvalue weighted by atomic mass is 9.95. The summed E-state index contributed by atoms with van der Waals surface area (Å²) in [6, 6.07) is 4.37. The number of nitrogens with zero attached hydrogens (tertiary/aromatic N) is 3. The van der Waals surface area contributed by atoms with Gasteiger partial charge in [0.05, 0.1) is 5.56 Å². The van der Waals surface area contributed by atoms with Gasteiger partial charge in [-0.1, -0.05) is 20.3 Å². The summed E-state index contributed by atoms with van der Waals surface area (Å²) in [5, 5.41) is 9.34. The van der Waals surface area contributed by atoms with Crippen LogP contribution in [0.25, 0.3) is 0 Å². The first-order chi connectivity index (χ1) is 9.15. The van der Waals surface area contributed by atoms with Crippen molar-refractivity contribution >= 4 is 5.82 Å². The van der Waals surface area contributed by atoms with Gasteiger partial charge in [0.2, 0.25) is 0 Å². The summed E-state index contributed by atoms with van der Waals surface area (Å²) in [5.74, 6) is 1.48. The molecule has 0 fully saturated rings. The van der Waals surface area contributed by atoms with Crippen LogP contribution in [-0.2, 0) is 12.8 Å². The Labute approximate surface area is 116 Å². The molecule has 0 aromatic carbocycles. The Bertz CT molecular complexity index is 488. The Kier molecular flexibility index (Phi) is 4.42. The molecule has 1 aromatic heterocycles. The van der Waals surface area contributed by atoms with Gasteiger partial charge < -0.3 is 4.90 Å². The monoisotopic (exact) mass is 257 g/mol. The van der Waals surface area contributed by atoms with Crippen molar-refractivity contribution in [3.05, 3.63) is 22.9 Å². The van der Waals surface area contributed by atoms with Crippen molar-refractivity contribution in [2.24, 2.45) is 5.92 Å². The third-order valence-corrected chi connectivity index (χ3v) is 4.05. The predicted molar refractivity (Wildman–Crippen MR) is 78.3 cm³/mol. The summed E-state index contributed by atoms with van der Waals surface area (Å²) in [6.07, 6.45) is 5.73. The summed E-state index contributed by atoms with van der Waals surface area (Å²) in [6.45, 7) is 5.39. The summed E-state index contributed by atoms with van der Waals surface area (Å²) in [5.41, 5.74) is 3.21. The lowest BCUT2D eigenvalue weighted by molar-refractivity contribution is 0.556. The van der Waals surface area contributed by atoms with Gasteiger partial charge in [-0.05, 0) is 43.2 Å². The molecule has 3 nitrogen and oxygen atoms in total. The van der Waals surface area contributed by atoms with Crippen molar-refractivity contribution in [1.29, 1.82) is 5.26 Å². The molecule has 1 heterocycles. The van der Waals surface area contributed by atoms with Crippen LogP contribution in [0.15, 0.2) is 6.07 Å². The van der Waals surface area contributed by atoms with E-state index >= 15 is 0 Å². The van der Waals surface area contributed by atoms with Crippen molar-refractivity contribution < 1.29 is 0 Å². The minimum Gasteiger partial charge on any atom is -0.358 e. The van der Waals surface area contributed by atoms with Crippen LogP contribution in [-0.4, -0.2) is 18.6 Å². The van der Waals surface area contributed by atoms with Crippen LogP contribution in [0.5, 0.6) is 0 Å². The van der Waals surface area contributed by atoms with E-state index in [0.29, 0.717) is 5.92 Å². The molecule has 3 heteroatoms. The van der Waals surface area contributed by atoms with Gasteiger partial charge in [-0.3, -0.25) is 0 Å². The Morgan fingerprint density at radius 2 is 2.16 bits per heavy atom. The van der Waals surface area contributed by atoms with Gasteiger partial charge in [0.1, 0.15) is 11.9 Å². The maximum Gasteiger partial charge on any atom is 0.146 e. The lowest BCUT2D eigenvalue weighted by Crippen LogP contribution is -2.26. The van der Waals surface area contributed by atoms with Crippen molar-refractivity contribution in [2.75, 3.05) is 18.5 Å². The molecule has 0 amide bonds. The molecule has 102 valence electrons. The van der Waals surface area contributed by atoms with Crippen LogP contribution >= 0.6 is 0 Å². The summed E-state index contributed by atoms with van der Waals surface area (Å²) in [4.78, 5) is 6.92. The maximum absolute atomic E-state index is 9.34. The fraction of sp³-hybridized carbons (Fsp3) is 0.625. The first-order valence-corrected chi connectivity index (χ1v) is 7.29. The summed E-state index contributed by atoms with van der Waals surface area (Å²) >= 11 is 0. The van der Waals surface area contributed by atoms with Crippen LogP contribution in [0, 0.1) is 17.2 Å². The minimum atomic E-state index is 0.620. The van der Waals surface area contributed by atoms with E-state index < -0.39 is 0 Å². The van der Waals surface area contributed by atoms with Crippen LogP contribution in [0.3, 0.4) is 0 Å². The molecule has 0 N–H and O–H groups in total. The fourth-order valence-corrected chi connectivity index (χ4v) is 2.68. The highest BCUT2D eigenvalue weighted by Crippen LogP contribution is 2.26. The van der Waals surface area contributed by atoms with E-state index in [1.807, 2.05) is 7.05 Å². The van der Waals surface area contributed by atoms with E-state index in [0.717, 1.165) is 37.2 Å². The number of rotatable bonds is 4. The molecule has 0 aliphatic heterocycles. The summed E-state index contributed by atoms with van der Waals surface area (Å²) < 4.78 is 0. The zero-order valence-electron chi connectivity index (χ0n) is 12.2. The largest absolute Gasteiger partial charge is 0.358 e. The second-order valence-electron chi connectivity index (χ2n) is 5.68. The van der Waals surface area contributed by atoms with Crippen molar-refractivity contribution in [3.63, 3.8) is 0 Å². The predicted octanol–water partition coefficient (Wildman–Crippen LogP) is 3.31. The molecular weight excluding hydrogens is 234 g/mol. The number of fused-ring (bicyclic) bond motifs is 1. The van der Waals surface area contributed by atoms with E-state index in [-0.39, 0.29) is 0 Å². The average molecular weight is 257 g/mol. The second-order valence-corrected chi connectivity index (χ2v) is 5.68. The first kappa shape index (κ1) is 13.9. The Morgan fingerprint density at radius 1 is 1.42 bits per heavy atom. The molecule has 0 saturated carbocycles. The third kappa shape index (κ3) is 3.07. The van der Waals surface area contributed by atoms with E-state index in [1.165, 1.54) is 24.1 Å². The smallest absolute Gasteiger partial charge is 0.146 e. The number of hydrogen-bond acceptors (Lipinski definition) is 3. The molecule has 1 aliphatic carbocycles. The minimum absolute atomic E-state index is 0.620. The maximum atomic E-state index is 9.34. The highest BCUT2D eigenvalue weighted by molar-refractivity contribution is 5.56. The zero-order chi connectivity index (χ0) is 13.8. The van der Waals surface area contributed by atoms with Crippen molar-refractivity contribution in [1.82, 2.24) is 4.98 Å². The van der Waals surface area contributed by atoms with Gasteiger partial charge in [0.25, 0.3) is 0 Å². The van der Waals surface area contributed by atoms with E-state index in [1.54, 1.807) is 0 Å². The SMILES string of the molecule is CCC(C)CN(C)c1nc2c(cc1C#N)CCCC2. The van der Waals surface area contributed by atoms with Gasteiger partial charge in [0, 0.05) is 19.3 Å². The normalized spacial score (nSPS) is 15.5. The Hall–Kier alpha value is -1.56. The average Bonchev–Trinajstić information content (AvgIpc) is 2.45. The summed E-state index contributed by atoms with van der Waals surface area (Å²) in [7, 11) is 2.05. The van der Waals surface area contributed by atoms with Crippen LogP contribution < -0.4 is 4.90 Å². The van der Waals surface area contributed by atoms with Crippen molar-refractivity contribution in [2.45, 2.75) is 46.0 Å². The Morgan fingerprint density at radius 3 is 2.84 bits per heavy atom. The first-order valence-electron chi connectivity index (χ1n) is 7.29. The van der Waals surface area contributed by atoms with E-state index in [4.69, 9.17) is 4.98 Å². The number of hydrogen-bond donors (Lipinski definition) is 0. The van der Waals surface area contributed by atoms with Crippen molar-refractivity contribution in [3.8, 4) is 6.07 Å². The number of aromatic nitrogens is 1. The number of aryl methyl sites for hydroxylation is 2. The third-order valence-electron chi connectivity index (χ3n) is 4.05. The van der Waals surface area contributed by atoms with Crippen LogP contribution in [0.4, 0.5) is 5.82 Å². The molecule has 0 radical (unpaired) electrons.